The average Bonchev–Trinajstić information content (AvgIpc) is 2.73. The predicted octanol–water partition coefficient (Wildman–Crippen LogP) is 3.07. The van der Waals surface area contributed by atoms with E-state index < -0.39 is 31.1 Å². The molecule has 1 aromatic carbocycles. The number of halogens is 2. The standard InChI is InChI=1S/C19H25F2N3O5S/c1-13-4-8-23(9-5-13)18(25)14-6-10-22(11-7-14)16-3-2-15(12-17(16)24(26)27)30(28,29)19(20)21/h2-3,12-14,19H,4-11H2,1H3. The lowest BCUT2D eigenvalue weighted by Crippen LogP contribution is -2.45. The molecule has 166 valence electrons. The maximum absolute atomic E-state index is 12.8. The number of sulfone groups is 1. The number of amides is 1. The summed E-state index contributed by atoms with van der Waals surface area (Å²) < 4.78 is 48.9. The zero-order valence-corrected chi connectivity index (χ0v) is 17.5. The summed E-state index contributed by atoms with van der Waals surface area (Å²) in [6.07, 6.45) is 3.04. The van der Waals surface area contributed by atoms with Crippen molar-refractivity contribution in [2.75, 3.05) is 31.1 Å². The Hall–Kier alpha value is -2.30. The Morgan fingerprint density at radius 2 is 1.73 bits per heavy atom. The number of nitro benzene ring substituents is 1. The lowest BCUT2D eigenvalue weighted by atomic mass is 9.92. The van der Waals surface area contributed by atoms with E-state index in [0.717, 1.165) is 32.0 Å². The highest BCUT2D eigenvalue weighted by atomic mass is 32.2. The Bertz CT molecular complexity index is 909. The average molecular weight is 445 g/mol. The summed E-state index contributed by atoms with van der Waals surface area (Å²) in [5, 5.41) is 11.5. The number of nitrogens with zero attached hydrogens (tertiary/aromatic N) is 3. The largest absolute Gasteiger partial charge is 0.366 e. The lowest BCUT2D eigenvalue weighted by molar-refractivity contribution is -0.384. The normalized spacial score (nSPS) is 19.3. The smallest absolute Gasteiger partial charge is 0.341 e. The molecular formula is C19H25F2N3O5S. The molecular weight excluding hydrogens is 420 g/mol. The number of carbonyl (C=O) groups excluding carboxylic acids is 1. The first-order valence-corrected chi connectivity index (χ1v) is 11.5. The zero-order valence-electron chi connectivity index (χ0n) is 16.7. The minimum absolute atomic E-state index is 0.120. The highest BCUT2D eigenvalue weighted by Gasteiger charge is 2.34. The van der Waals surface area contributed by atoms with Gasteiger partial charge in [-0.25, -0.2) is 8.42 Å². The third-order valence-electron chi connectivity index (χ3n) is 5.99. The van der Waals surface area contributed by atoms with Gasteiger partial charge in [-0.05, 0) is 43.7 Å². The number of hydrogen-bond acceptors (Lipinski definition) is 6. The number of likely N-dealkylation sites (tertiary alicyclic amines) is 1. The van der Waals surface area contributed by atoms with Crippen molar-refractivity contribution < 1.29 is 26.9 Å². The molecule has 0 spiro atoms. The molecule has 0 saturated carbocycles. The van der Waals surface area contributed by atoms with Crippen molar-refractivity contribution in [2.45, 2.75) is 43.3 Å². The summed E-state index contributed by atoms with van der Waals surface area (Å²) in [5.74, 6) is -3.06. The van der Waals surface area contributed by atoms with Gasteiger partial charge in [-0.2, -0.15) is 8.78 Å². The van der Waals surface area contributed by atoms with Gasteiger partial charge < -0.3 is 9.80 Å². The van der Waals surface area contributed by atoms with Crippen LogP contribution in [0.25, 0.3) is 0 Å². The van der Waals surface area contributed by atoms with Crippen molar-refractivity contribution in [1.82, 2.24) is 4.90 Å². The lowest BCUT2D eigenvalue weighted by Gasteiger charge is -2.37. The topological polar surface area (TPSA) is 101 Å². The van der Waals surface area contributed by atoms with Gasteiger partial charge in [0.2, 0.25) is 15.7 Å². The molecule has 2 saturated heterocycles. The van der Waals surface area contributed by atoms with Gasteiger partial charge in [0.25, 0.3) is 5.69 Å². The Morgan fingerprint density at radius 1 is 1.13 bits per heavy atom. The molecule has 2 aliphatic heterocycles. The molecule has 0 N–H and O–H groups in total. The van der Waals surface area contributed by atoms with Gasteiger partial charge in [-0.15, -0.1) is 0 Å². The van der Waals surface area contributed by atoms with Crippen LogP contribution in [0.5, 0.6) is 0 Å². The second-order valence-electron chi connectivity index (χ2n) is 7.98. The van der Waals surface area contributed by atoms with E-state index in [9.17, 15) is 32.1 Å². The fraction of sp³-hybridized carbons (Fsp3) is 0.632. The van der Waals surface area contributed by atoms with Crippen LogP contribution < -0.4 is 4.90 Å². The minimum atomic E-state index is -4.92. The van der Waals surface area contributed by atoms with Crippen LogP contribution in [0.15, 0.2) is 23.1 Å². The second-order valence-corrected chi connectivity index (χ2v) is 9.90. The Labute approximate surface area is 173 Å². The van der Waals surface area contributed by atoms with Gasteiger partial charge in [0, 0.05) is 38.2 Å². The van der Waals surface area contributed by atoms with Crippen LogP contribution in [0.2, 0.25) is 0 Å². The van der Waals surface area contributed by atoms with Crippen molar-refractivity contribution in [3.05, 3.63) is 28.3 Å². The minimum Gasteiger partial charge on any atom is -0.366 e. The summed E-state index contributed by atoms with van der Waals surface area (Å²) in [6, 6.07) is 2.85. The maximum Gasteiger partial charge on any atom is 0.341 e. The monoisotopic (exact) mass is 445 g/mol. The summed E-state index contributed by atoms with van der Waals surface area (Å²) >= 11 is 0. The third kappa shape index (κ3) is 4.55. The van der Waals surface area contributed by atoms with E-state index in [-0.39, 0.29) is 17.5 Å². The molecule has 2 fully saturated rings. The molecule has 0 bridgehead atoms. The molecule has 0 aliphatic carbocycles. The van der Waals surface area contributed by atoms with Gasteiger partial charge in [-0.3, -0.25) is 14.9 Å². The van der Waals surface area contributed by atoms with E-state index >= 15 is 0 Å². The van der Waals surface area contributed by atoms with Gasteiger partial charge in [0.05, 0.1) is 9.82 Å². The number of nitro groups is 1. The Balaban J connectivity index is 1.72. The van der Waals surface area contributed by atoms with Gasteiger partial charge in [0.15, 0.2) is 0 Å². The first-order valence-electron chi connectivity index (χ1n) is 9.95. The van der Waals surface area contributed by atoms with Gasteiger partial charge in [0.1, 0.15) is 5.69 Å². The number of alkyl halides is 2. The van der Waals surface area contributed by atoms with E-state index in [1.807, 2.05) is 4.90 Å². The number of hydrogen-bond donors (Lipinski definition) is 0. The highest BCUT2D eigenvalue weighted by molar-refractivity contribution is 7.91. The molecule has 1 amide bonds. The molecule has 0 aromatic heterocycles. The Morgan fingerprint density at radius 3 is 2.27 bits per heavy atom. The zero-order chi connectivity index (χ0) is 22.1. The van der Waals surface area contributed by atoms with Crippen LogP contribution in [0, 0.1) is 22.0 Å². The second kappa shape index (κ2) is 8.83. The third-order valence-corrected chi connectivity index (χ3v) is 7.37. The first kappa shape index (κ1) is 22.4. The van der Waals surface area contributed by atoms with E-state index in [0.29, 0.717) is 37.9 Å². The molecule has 30 heavy (non-hydrogen) atoms. The molecule has 0 unspecified atom stereocenters. The van der Waals surface area contributed by atoms with E-state index in [1.54, 1.807) is 4.90 Å². The van der Waals surface area contributed by atoms with Crippen LogP contribution in [0.3, 0.4) is 0 Å². The van der Waals surface area contributed by atoms with Crippen LogP contribution >= 0.6 is 0 Å². The molecule has 2 heterocycles. The highest BCUT2D eigenvalue weighted by Crippen LogP contribution is 2.35. The molecule has 3 rings (SSSR count). The van der Waals surface area contributed by atoms with Crippen LogP contribution in [0.4, 0.5) is 20.2 Å². The van der Waals surface area contributed by atoms with Crippen molar-refractivity contribution in [1.29, 1.82) is 0 Å². The van der Waals surface area contributed by atoms with Crippen LogP contribution in [-0.4, -0.2) is 56.1 Å². The summed E-state index contributed by atoms with van der Waals surface area (Å²) in [7, 11) is -4.92. The number of piperidine rings is 2. The summed E-state index contributed by atoms with van der Waals surface area (Å²) in [6.45, 7) is 4.47. The maximum atomic E-state index is 12.8. The molecule has 1 aromatic rings. The fourth-order valence-corrected chi connectivity index (χ4v) is 4.79. The number of benzene rings is 1. The molecule has 0 radical (unpaired) electrons. The first-order chi connectivity index (χ1) is 14.1. The van der Waals surface area contributed by atoms with E-state index in [2.05, 4.69) is 6.92 Å². The van der Waals surface area contributed by atoms with Crippen molar-refractivity contribution in [2.24, 2.45) is 11.8 Å². The molecule has 2 aliphatic rings. The summed E-state index contributed by atoms with van der Waals surface area (Å²) in [5.41, 5.74) is -0.363. The van der Waals surface area contributed by atoms with Crippen LogP contribution in [-0.2, 0) is 14.6 Å². The van der Waals surface area contributed by atoms with Gasteiger partial charge in [-0.1, -0.05) is 6.92 Å². The predicted molar refractivity (Wildman–Crippen MR) is 106 cm³/mol. The quantitative estimate of drug-likeness (QED) is 0.510. The SMILES string of the molecule is CC1CCN(C(=O)C2CCN(c3ccc(S(=O)(=O)C(F)F)cc3[N+](=O)[O-])CC2)CC1. The number of carbonyl (C=O) groups is 1. The number of anilines is 1. The molecule has 8 nitrogen and oxygen atoms in total. The fourth-order valence-electron chi connectivity index (χ4n) is 4.05. The van der Waals surface area contributed by atoms with Gasteiger partial charge >= 0.3 is 5.76 Å². The van der Waals surface area contributed by atoms with Crippen molar-refractivity contribution in [3.63, 3.8) is 0 Å². The Kier molecular flexibility index (Phi) is 6.59. The summed E-state index contributed by atoms with van der Waals surface area (Å²) in [4.78, 5) is 26.3. The number of rotatable bonds is 5. The molecule has 0 atom stereocenters. The molecule has 11 heteroatoms. The van der Waals surface area contributed by atoms with Crippen LogP contribution in [0.1, 0.15) is 32.6 Å². The van der Waals surface area contributed by atoms with E-state index in [4.69, 9.17) is 0 Å². The van der Waals surface area contributed by atoms with Crippen molar-refractivity contribution >= 4 is 27.1 Å². The van der Waals surface area contributed by atoms with E-state index in [1.165, 1.54) is 6.07 Å². The van der Waals surface area contributed by atoms with Crippen molar-refractivity contribution in [3.8, 4) is 0 Å².